The number of unbranched alkanes of at least 4 members (excludes halogenated alkanes) is 3. The first kappa shape index (κ1) is 23.1. The lowest BCUT2D eigenvalue weighted by Crippen LogP contribution is -2.36. The van der Waals surface area contributed by atoms with Gasteiger partial charge >= 0.3 is 11.9 Å². The summed E-state index contributed by atoms with van der Waals surface area (Å²) in [6.07, 6.45) is 4.61. The van der Waals surface area contributed by atoms with Crippen LogP contribution in [0.3, 0.4) is 0 Å². The number of aliphatic hydroxyl groups is 1. The number of nitrogens with zero attached hydrogens (tertiary/aromatic N) is 1. The Kier molecular flexibility index (Phi) is 9.44. The monoisotopic (exact) mass is 385 g/mol. The van der Waals surface area contributed by atoms with E-state index in [-0.39, 0.29) is 18.9 Å². The lowest BCUT2D eigenvalue weighted by molar-refractivity contribution is -0.148. The average molecular weight is 385 g/mol. The van der Waals surface area contributed by atoms with E-state index in [1.165, 1.54) is 12.2 Å². The van der Waals surface area contributed by atoms with Gasteiger partial charge in [0.15, 0.2) is 0 Å². The molecule has 2 N–H and O–H groups in total. The fourth-order valence-corrected chi connectivity index (χ4v) is 2.93. The zero-order chi connectivity index (χ0) is 20.4. The Labute approximate surface area is 159 Å². The van der Waals surface area contributed by atoms with E-state index in [4.69, 9.17) is 5.11 Å². The van der Waals surface area contributed by atoms with E-state index in [1.54, 1.807) is 6.92 Å². The Hall–Kier alpha value is -1.94. The van der Waals surface area contributed by atoms with Crippen LogP contribution in [-0.4, -0.2) is 51.6 Å². The number of carbonyl (C=O) groups excluding carboxylic acids is 1. The van der Waals surface area contributed by atoms with Gasteiger partial charge in [-0.2, -0.15) is 8.78 Å². The van der Waals surface area contributed by atoms with Crippen molar-refractivity contribution in [1.29, 1.82) is 0 Å². The van der Waals surface area contributed by atoms with Crippen molar-refractivity contribution < 1.29 is 28.6 Å². The van der Waals surface area contributed by atoms with Crippen LogP contribution in [-0.2, 0) is 9.59 Å². The van der Waals surface area contributed by atoms with Crippen molar-refractivity contribution in [3.05, 3.63) is 12.2 Å². The van der Waals surface area contributed by atoms with E-state index in [2.05, 4.69) is 11.8 Å². The molecule has 1 aliphatic heterocycles. The van der Waals surface area contributed by atoms with Crippen molar-refractivity contribution >= 4 is 11.9 Å². The fraction of sp³-hybridized carbons (Fsp3) is 0.700. The Morgan fingerprint density at radius 3 is 2.67 bits per heavy atom. The van der Waals surface area contributed by atoms with Crippen LogP contribution < -0.4 is 0 Å². The predicted molar refractivity (Wildman–Crippen MR) is 98.2 cm³/mol. The van der Waals surface area contributed by atoms with Gasteiger partial charge in [-0.05, 0) is 19.8 Å². The second-order valence-corrected chi connectivity index (χ2v) is 6.87. The molecule has 1 rings (SSSR count). The number of hydrogen-bond donors (Lipinski definition) is 2. The Morgan fingerprint density at radius 1 is 1.37 bits per heavy atom. The highest BCUT2D eigenvalue weighted by molar-refractivity contribution is 5.86. The molecule has 1 heterocycles. The minimum Gasteiger partial charge on any atom is -0.481 e. The maximum atomic E-state index is 13.8. The van der Waals surface area contributed by atoms with Gasteiger partial charge in [-0.1, -0.05) is 37.8 Å². The fourth-order valence-electron chi connectivity index (χ4n) is 2.93. The number of aliphatic hydroxyl groups excluding tert-OH is 1. The summed E-state index contributed by atoms with van der Waals surface area (Å²) in [5.41, 5.74) is 0. The highest BCUT2D eigenvalue weighted by Crippen LogP contribution is 2.34. The quantitative estimate of drug-likeness (QED) is 0.344. The molecule has 0 saturated carbocycles. The first-order valence-corrected chi connectivity index (χ1v) is 9.44. The first-order chi connectivity index (χ1) is 12.7. The zero-order valence-electron chi connectivity index (χ0n) is 16.0. The molecule has 1 amide bonds. The SMILES string of the molecule is CCC#C[C@@H](C)[C@@H](O)C=CC1CC(F)(F)C(=O)N1CCCCCCC(=O)O. The number of carboxylic acid groups (broad SMARTS) is 1. The third kappa shape index (κ3) is 7.67. The zero-order valence-corrected chi connectivity index (χ0v) is 16.0. The summed E-state index contributed by atoms with van der Waals surface area (Å²) in [4.78, 5) is 23.6. The molecule has 1 unspecified atom stereocenters. The van der Waals surface area contributed by atoms with E-state index >= 15 is 0 Å². The lowest BCUT2D eigenvalue weighted by Gasteiger charge is -2.22. The molecule has 0 aliphatic carbocycles. The van der Waals surface area contributed by atoms with E-state index in [9.17, 15) is 23.5 Å². The Balaban J connectivity index is 2.60. The van der Waals surface area contributed by atoms with Gasteiger partial charge < -0.3 is 15.1 Å². The average Bonchev–Trinajstić information content (AvgIpc) is 2.82. The standard InChI is InChI=1S/C20H29F2NO4/c1-3-4-9-15(2)17(24)12-11-16-14-20(21,22)19(27)23(16)13-8-6-5-7-10-18(25)26/h11-12,15-17,24H,3,5-8,10,13-14H2,1-2H3,(H,25,26)/t15-,16?,17+/m1/s1. The maximum Gasteiger partial charge on any atom is 0.327 e. The second-order valence-electron chi connectivity index (χ2n) is 6.87. The lowest BCUT2D eigenvalue weighted by atomic mass is 10.0. The first-order valence-electron chi connectivity index (χ1n) is 9.44. The van der Waals surface area contributed by atoms with Crippen LogP contribution in [0.4, 0.5) is 8.78 Å². The molecule has 0 bridgehead atoms. The van der Waals surface area contributed by atoms with Crippen molar-refractivity contribution in [3.63, 3.8) is 0 Å². The molecule has 1 aliphatic rings. The number of carbonyl (C=O) groups is 2. The number of likely N-dealkylation sites (tertiary alicyclic amines) is 1. The molecule has 0 radical (unpaired) electrons. The van der Waals surface area contributed by atoms with Crippen LogP contribution in [0.1, 0.15) is 58.8 Å². The summed E-state index contributed by atoms with van der Waals surface area (Å²) >= 11 is 0. The van der Waals surface area contributed by atoms with Crippen molar-refractivity contribution in [3.8, 4) is 11.8 Å². The third-order valence-electron chi connectivity index (χ3n) is 4.53. The van der Waals surface area contributed by atoms with Gasteiger partial charge in [0.25, 0.3) is 5.91 Å². The summed E-state index contributed by atoms with van der Waals surface area (Å²) in [5, 5.41) is 18.7. The van der Waals surface area contributed by atoms with Crippen LogP contribution in [0.2, 0.25) is 0 Å². The summed E-state index contributed by atoms with van der Waals surface area (Å²) < 4.78 is 27.7. The number of amides is 1. The highest BCUT2D eigenvalue weighted by Gasteiger charge is 2.52. The number of alkyl halides is 2. The van der Waals surface area contributed by atoms with Gasteiger partial charge in [0.1, 0.15) is 0 Å². The molecule has 152 valence electrons. The summed E-state index contributed by atoms with van der Waals surface area (Å²) in [5.74, 6) is 0.00610. The molecule has 0 aromatic rings. The van der Waals surface area contributed by atoms with E-state index < -0.39 is 36.4 Å². The molecule has 27 heavy (non-hydrogen) atoms. The van der Waals surface area contributed by atoms with Crippen molar-refractivity contribution in [2.24, 2.45) is 5.92 Å². The van der Waals surface area contributed by atoms with Crippen LogP contribution in [0.5, 0.6) is 0 Å². The van der Waals surface area contributed by atoms with E-state index in [1.807, 2.05) is 6.92 Å². The molecular formula is C20H29F2NO4. The Bertz CT molecular complexity index is 595. The topological polar surface area (TPSA) is 77.8 Å². The van der Waals surface area contributed by atoms with Crippen LogP contribution in [0.15, 0.2) is 12.2 Å². The molecule has 1 fully saturated rings. The minimum atomic E-state index is -3.39. The van der Waals surface area contributed by atoms with Crippen LogP contribution >= 0.6 is 0 Å². The second kappa shape index (κ2) is 11.0. The largest absolute Gasteiger partial charge is 0.481 e. The number of halogens is 2. The van der Waals surface area contributed by atoms with Gasteiger partial charge in [-0.25, -0.2) is 0 Å². The van der Waals surface area contributed by atoms with Crippen molar-refractivity contribution in [2.45, 2.75) is 76.9 Å². The molecule has 7 heteroatoms. The molecule has 0 aromatic heterocycles. The van der Waals surface area contributed by atoms with Crippen LogP contribution in [0.25, 0.3) is 0 Å². The van der Waals surface area contributed by atoms with Crippen molar-refractivity contribution in [2.75, 3.05) is 6.54 Å². The van der Waals surface area contributed by atoms with Gasteiger partial charge in [-0.15, -0.1) is 5.92 Å². The number of hydrogen-bond acceptors (Lipinski definition) is 3. The van der Waals surface area contributed by atoms with E-state index in [0.29, 0.717) is 32.1 Å². The molecule has 1 saturated heterocycles. The third-order valence-corrected chi connectivity index (χ3v) is 4.53. The predicted octanol–water partition coefficient (Wildman–Crippen LogP) is 3.22. The van der Waals surface area contributed by atoms with Gasteiger partial charge in [0.2, 0.25) is 0 Å². The summed E-state index contributed by atoms with van der Waals surface area (Å²) in [6.45, 7) is 3.84. The van der Waals surface area contributed by atoms with Gasteiger partial charge in [0.05, 0.1) is 12.1 Å². The number of aliphatic carboxylic acids is 1. The maximum absolute atomic E-state index is 13.8. The summed E-state index contributed by atoms with van der Waals surface area (Å²) in [6, 6.07) is -0.757. The smallest absolute Gasteiger partial charge is 0.327 e. The van der Waals surface area contributed by atoms with Gasteiger partial charge in [0, 0.05) is 31.7 Å². The normalized spacial score (nSPS) is 21.1. The molecular weight excluding hydrogens is 356 g/mol. The molecule has 5 nitrogen and oxygen atoms in total. The van der Waals surface area contributed by atoms with E-state index in [0.717, 1.165) is 4.90 Å². The summed E-state index contributed by atoms with van der Waals surface area (Å²) in [7, 11) is 0. The molecule has 0 spiro atoms. The minimum absolute atomic E-state index is 0.0864. The van der Waals surface area contributed by atoms with Crippen LogP contribution in [0, 0.1) is 17.8 Å². The Morgan fingerprint density at radius 2 is 2.04 bits per heavy atom. The number of rotatable bonds is 10. The molecule has 0 aromatic carbocycles. The molecule has 3 atom stereocenters. The highest BCUT2D eigenvalue weighted by atomic mass is 19.3. The van der Waals surface area contributed by atoms with Crippen molar-refractivity contribution in [1.82, 2.24) is 4.90 Å². The van der Waals surface area contributed by atoms with Gasteiger partial charge in [-0.3, -0.25) is 9.59 Å². The number of carboxylic acids is 1.